The predicted molar refractivity (Wildman–Crippen MR) is 111 cm³/mol. The monoisotopic (exact) mass is 408 g/mol. The van der Waals surface area contributed by atoms with Gasteiger partial charge in [-0.25, -0.2) is 19.2 Å². The van der Waals surface area contributed by atoms with Crippen molar-refractivity contribution in [2.45, 2.75) is 25.7 Å². The van der Waals surface area contributed by atoms with E-state index in [4.69, 9.17) is 5.73 Å². The summed E-state index contributed by atoms with van der Waals surface area (Å²) in [6.45, 7) is 1.67. The van der Waals surface area contributed by atoms with E-state index < -0.39 is 17.3 Å². The first kappa shape index (κ1) is 19.7. The fourth-order valence-electron chi connectivity index (χ4n) is 3.61. The van der Waals surface area contributed by atoms with Gasteiger partial charge in [-0.3, -0.25) is 4.79 Å². The van der Waals surface area contributed by atoms with E-state index in [1.165, 1.54) is 18.5 Å². The van der Waals surface area contributed by atoms with Crippen LogP contribution in [0.25, 0.3) is 11.3 Å². The summed E-state index contributed by atoms with van der Waals surface area (Å²) in [5.41, 5.74) is 6.92. The number of nitrogens with two attached hydrogens (primary N) is 1. The van der Waals surface area contributed by atoms with E-state index in [0.29, 0.717) is 5.69 Å². The molecule has 0 saturated carbocycles. The van der Waals surface area contributed by atoms with Crippen LogP contribution in [0.4, 0.5) is 15.9 Å². The standard InChI is InChI=1S/C21H21FN6O2/c22-14-7-3-2-6-13(14)16-11-24-20(23)19(26-16)18(29)10-15-17(12-25-21(30)27-15)28-8-4-1-5-9-28/h2-3,6-7,11-12H,1,4-5,8-10H2,(H2,23,24)(H,25,27,30). The fraction of sp³-hybridized carbons (Fsp3) is 0.286. The van der Waals surface area contributed by atoms with Gasteiger partial charge in [0.15, 0.2) is 11.6 Å². The number of aromatic amines is 1. The van der Waals surface area contributed by atoms with Crippen molar-refractivity contribution in [3.63, 3.8) is 0 Å². The zero-order chi connectivity index (χ0) is 21.1. The maximum Gasteiger partial charge on any atom is 0.345 e. The Morgan fingerprint density at radius 3 is 2.67 bits per heavy atom. The van der Waals surface area contributed by atoms with Gasteiger partial charge >= 0.3 is 5.69 Å². The van der Waals surface area contributed by atoms with Crippen molar-refractivity contribution in [1.82, 2.24) is 19.9 Å². The van der Waals surface area contributed by atoms with E-state index >= 15 is 0 Å². The van der Waals surface area contributed by atoms with E-state index in [9.17, 15) is 14.0 Å². The van der Waals surface area contributed by atoms with Crippen LogP contribution in [0.3, 0.4) is 0 Å². The van der Waals surface area contributed by atoms with Gasteiger partial charge in [0, 0.05) is 18.7 Å². The van der Waals surface area contributed by atoms with Gasteiger partial charge in [0.2, 0.25) is 0 Å². The number of hydrogen-bond donors (Lipinski definition) is 2. The molecule has 8 nitrogen and oxygen atoms in total. The third-order valence-electron chi connectivity index (χ3n) is 5.12. The first-order chi connectivity index (χ1) is 14.5. The molecule has 1 aliphatic heterocycles. The Labute approximate surface area is 172 Å². The zero-order valence-electron chi connectivity index (χ0n) is 16.3. The molecule has 4 rings (SSSR count). The molecule has 3 heterocycles. The first-order valence-electron chi connectivity index (χ1n) is 9.76. The number of nitrogen functional groups attached to an aromatic ring is 1. The number of carbonyl (C=O) groups excluding carboxylic acids is 1. The van der Waals surface area contributed by atoms with E-state index in [1.54, 1.807) is 18.2 Å². The number of nitrogens with zero attached hydrogens (tertiary/aromatic N) is 4. The minimum Gasteiger partial charge on any atom is -0.382 e. The molecule has 1 aromatic carbocycles. The molecule has 1 saturated heterocycles. The molecule has 0 aliphatic carbocycles. The minimum atomic E-state index is -0.530. The predicted octanol–water partition coefficient (Wildman–Crippen LogP) is 2.36. The molecule has 0 radical (unpaired) electrons. The molecule has 3 aromatic rings. The molecule has 154 valence electrons. The molecule has 9 heteroatoms. The normalized spacial score (nSPS) is 14.0. The topological polar surface area (TPSA) is 118 Å². The quantitative estimate of drug-likeness (QED) is 0.622. The van der Waals surface area contributed by atoms with Gasteiger partial charge in [-0.15, -0.1) is 0 Å². The number of carbonyl (C=O) groups is 1. The average molecular weight is 408 g/mol. The number of rotatable bonds is 5. The highest BCUT2D eigenvalue weighted by atomic mass is 19.1. The molecule has 1 aliphatic rings. The lowest BCUT2D eigenvalue weighted by atomic mass is 10.1. The Balaban J connectivity index is 1.66. The fourth-order valence-corrected chi connectivity index (χ4v) is 3.61. The number of anilines is 2. The molecule has 0 spiro atoms. The van der Waals surface area contributed by atoms with Crippen LogP contribution in [0.1, 0.15) is 35.4 Å². The second-order valence-corrected chi connectivity index (χ2v) is 7.17. The summed E-state index contributed by atoms with van der Waals surface area (Å²) >= 11 is 0. The van der Waals surface area contributed by atoms with Gasteiger partial charge in [0.05, 0.1) is 35.9 Å². The van der Waals surface area contributed by atoms with E-state index in [2.05, 4.69) is 24.8 Å². The third kappa shape index (κ3) is 4.05. The van der Waals surface area contributed by atoms with Crippen LogP contribution in [0, 0.1) is 5.82 Å². The van der Waals surface area contributed by atoms with Crippen molar-refractivity contribution >= 4 is 17.3 Å². The number of ketones is 1. The summed E-state index contributed by atoms with van der Waals surface area (Å²) in [6.07, 6.45) is 5.93. The van der Waals surface area contributed by atoms with Crippen LogP contribution >= 0.6 is 0 Å². The maximum absolute atomic E-state index is 14.1. The summed E-state index contributed by atoms with van der Waals surface area (Å²) in [5.74, 6) is -0.935. The number of halogens is 1. The Bertz CT molecular complexity index is 1140. The van der Waals surface area contributed by atoms with Gasteiger partial charge in [0.1, 0.15) is 11.5 Å². The number of hydrogen-bond acceptors (Lipinski definition) is 7. The molecule has 0 bridgehead atoms. The van der Waals surface area contributed by atoms with Crippen LogP contribution in [0.15, 0.2) is 41.5 Å². The molecule has 0 amide bonds. The molecule has 3 N–H and O–H groups in total. The number of H-pyrrole nitrogens is 1. The van der Waals surface area contributed by atoms with Crippen LogP contribution < -0.4 is 16.3 Å². The molecule has 0 atom stereocenters. The van der Waals surface area contributed by atoms with Gasteiger partial charge in [-0.05, 0) is 31.4 Å². The minimum absolute atomic E-state index is 0.0454. The second kappa shape index (κ2) is 8.40. The van der Waals surface area contributed by atoms with Crippen molar-refractivity contribution in [3.8, 4) is 11.3 Å². The van der Waals surface area contributed by atoms with Crippen LogP contribution in [-0.4, -0.2) is 38.8 Å². The summed E-state index contributed by atoms with van der Waals surface area (Å²) in [5, 5.41) is 0. The summed E-state index contributed by atoms with van der Waals surface area (Å²) in [7, 11) is 0. The highest BCUT2D eigenvalue weighted by molar-refractivity contribution is 6.00. The van der Waals surface area contributed by atoms with E-state index in [0.717, 1.165) is 38.0 Å². The van der Waals surface area contributed by atoms with Crippen LogP contribution in [0.2, 0.25) is 0 Å². The summed E-state index contributed by atoms with van der Waals surface area (Å²) in [4.78, 5) is 41.7. The lowest BCUT2D eigenvalue weighted by Gasteiger charge is -2.29. The number of aromatic nitrogens is 4. The number of piperidine rings is 1. The molecule has 1 fully saturated rings. The largest absolute Gasteiger partial charge is 0.382 e. The van der Waals surface area contributed by atoms with Crippen molar-refractivity contribution in [1.29, 1.82) is 0 Å². The molecule has 0 unspecified atom stereocenters. The van der Waals surface area contributed by atoms with Crippen molar-refractivity contribution < 1.29 is 9.18 Å². The van der Waals surface area contributed by atoms with Crippen molar-refractivity contribution in [2.24, 2.45) is 0 Å². The Kier molecular flexibility index (Phi) is 5.51. The number of Topliss-reactive ketones (excluding diaryl/α,β-unsaturated/α-hetero) is 1. The number of nitrogens with one attached hydrogen (secondary N) is 1. The van der Waals surface area contributed by atoms with Gasteiger partial charge in [0.25, 0.3) is 0 Å². The van der Waals surface area contributed by atoms with Crippen molar-refractivity contribution in [2.75, 3.05) is 23.7 Å². The lowest BCUT2D eigenvalue weighted by molar-refractivity contribution is 0.0988. The van der Waals surface area contributed by atoms with Gasteiger partial charge in [-0.1, -0.05) is 12.1 Å². The average Bonchev–Trinajstić information content (AvgIpc) is 2.75. The number of benzene rings is 1. The van der Waals surface area contributed by atoms with Crippen LogP contribution in [0.5, 0.6) is 0 Å². The Hall–Kier alpha value is -3.62. The first-order valence-corrected chi connectivity index (χ1v) is 9.76. The SMILES string of the molecule is Nc1ncc(-c2ccccc2F)nc1C(=O)Cc1[nH]c(=O)ncc1N1CCCCC1. The third-order valence-corrected chi connectivity index (χ3v) is 5.12. The smallest absolute Gasteiger partial charge is 0.345 e. The van der Waals surface area contributed by atoms with E-state index in [-0.39, 0.29) is 29.2 Å². The zero-order valence-corrected chi connectivity index (χ0v) is 16.3. The maximum atomic E-state index is 14.1. The van der Waals surface area contributed by atoms with Crippen LogP contribution in [-0.2, 0) is 6.42 Å². The van der Waals surface area contributed by atoms with Gasteiger partial charge < -0.3 is 15.6 Å². The molecule has 30 heavy (non-hydrogen) atoms. The molecular weight excluding hydrogens is 387 g/mol. The summed E-state index contributed by atoms with van der Waals surface area (Å²) in [6, 6.07) is 6.10. The Morgan fingerprint density at radius 2 is 1.90 bits per heavy atom. The molecular formula is C21H21FN6O2. The molecule has 2 aromatic heterocycles. The van der Waals surface area contributed by atoms with E-state index in [1.807, 2.05) is 0 Å². The second-order valence-electron chi connectivity index (χ2n) is 7.17. The lowest BCUT2D eigenvalue weighted by Crippen LogP contribution is -2.32. The summed E-state index contributed by atoms with van der Waals surface area (Å²) < 4.78 is 14.1. The highest BCUT2D eigenvalue weighted by Crippen LogP contribution is 2.25. The van der Waals surface area contributed by atoms with Gasteiger partial charge in [-0.2, -0.15) is 4.98 Å². The highest BCUT2D eigenvalue weighted by Gasteiger charge is 2.21. The van der Waals surface area contributed by atoms with Crippen molar-refractivity contribution in [3.05, 3.63) is 64.3 Å². The Morgan fingerprint density at radius 1 is 1.13 bits per heavy atom.